The Labute approximate surface area is 84.9 Å². The minimum Gasteiger partial charge on any atom is -0.356 e. The number of nitrogens with zero attached hydrogens (tertiary/aromatic N) is 1. The van der Waals surface area contributed by atoms with Gasteiger partial charge in [0.2, 0.25) is 0 Å². The Balaban J connectivity index is 0.000000213. The van der Waals surface area contributed by atoms with Crippen molar-refractivity contribution >= 4 is 11.0 Å². The van der Waals surface area contributed by atoms with Crippen molar-refractivity contribution in [2.75, 3.05) is 0 Å². The van der Waals surface area contributed by atoms with Gasteiger partial charge in [-0.2, -0.15) is 0 Å². The zero-order valence-electron chi connectivity index (χ0n) is 9.24. The molecular weight excluding hydrogens is 174 g/mol. The lowest BCUT2D eigenvalue weighted by molar-refractivity contribution is 0.456. The predicted molar refractivity (Wildman–Crippen MR) is 59.3 cm³/mol. The first-order chi connectivity index (χ1) is 6.59. The number of fused-ring (bicyclic) bond motifs is 1. The number of aromatic nitrogens is 1. The van der Waals surface area contributed by atoms with E-state index in [4.69, 9.17) is 4.52 Å². The Hall–Kier alpha value is -1.31. The molecule has 0 saturated heterocycles. The van der Waals surface area contributed by atoms with E-state index in [2.05, 4.69) is 25.9 Å². The maximum Gasteiger partial charge on any atom is 0.167 e. The molecule has 0 aliphatic carbocycles. The Morgan fingerprint density at radius 3 is 2.50 bits per heavy atom. The number of benzene rings is 1. The van der Waals surface area contributed by atoms with E-state index in [0.29, 0.717) is 0 Å². The lowest BCUT2D eigenvalue weighted by atomic mass is 10.2. The third-order valence-corrected chi connectivity index (χ3v) is 1.51. The molecule has 2 rings (SSSR count). The Morgan fingerprint density at radius 2 is 1.86 bits per heavy atom. The zero-order valence-corrected chi connectivity index (χ0v) is 9.24. The Kier molecular flexibility index (Phi) is 3.69. The van der Waals surface area contributed by atoms with Crippen LogP contribution in [0.4, 0.5) is 0 Å². The van der Waals surface area contributed by atoms with Crippen LogP contribution >= 0.6 is 0 Å². The van der Waals surface area contributed by atoms with Crippen LogP contribution in [0.1, 0.15) is 26.3 Å². The summed E-state index contributed by atoms with van der Waals surface area (Å²) in [4.78, 5) is 0. The normalized spacial score (nSPS) is 10.1. The number of rotatable bonds is 0. The van der Waals surface area contributed by atoms with Crippen LogP contribution in [0, 0.1) is 12.8 Å². The van der Waals surface area contributed by atoms with Crippen molar-refractivity contribution < 1.29 is 4.52 Å². The van der Waals surface area contributed by atoms with Crippen molar-refractivity contribution in [3.05, 3.63) is 30.0 Å². The van der Waals surface area contributed by atoms with Crippen molar-refractivity contribution in [1.82, 2.24) is 5.16 Å². The van der Waals surface area contributed by atoms with Gasteiger partial charge in [-0.15, -0.1) is 0 Å². The SMILES string of the molecule is CC(C)C.Cc1ccc2cnoc2c1. The van der Waals surface area contributed by atoms with Gasteiger partial charge in [-0.05, 0) is 30.5 Å². The molecule has 1 aromatic heterocycles. The molecule has 0 radical (unpaired) electrons. The van der Waals surface area contributed by atoms with Crippen LogP contribution in [-0.4, -0.2) is 5.16 Å². The largest absolute Gasteiger partial charge is 0.356 e. The van der Waals surface area contributed by atoms with E-state index >= 15 is 0 Å². The summed E-state index contributed by atoms with van der Waals surface area (Å²) < 4.78 is 4.95. The highest BCUT2D eigenvalue weighted by Crippen LogP contribution is 2.13. The summed E-state index contributed by atoms with van der Waals surface area (Å²) in [5.41, 5.74) is 2.06. The summed E-state index contributed by atoms with van der Waals surface area (Å²) in [6.07, 6.45) is 1.72. The number of aryl methyl sites for hydroxylation is 1. The van der Waals surface area contributed by atoms with Gasteiger partial charge in [0.25, 0.3) is 0 Å². The van der Waals surface area contributed by atoms with Gasteiger partial charge in [0.15, 0.2) is 5.58 Å². The molecule has 2 nitrogen and oxygen atoms in total. The van der Waals surface area contributed by atoms with Crippen molar-refractivity contribution in [2.24, 2.45) is 5.92 Å². The van der Waals surface area contributed by atoms with Crippen LogP contribution < -0.4 is 0 Å². The van der Waals surface area contributed by atoms with Gasteiger partial charge in [-0.1, -0.05) is 32.0 Å². The highest BCUT2D eigenvalue weighted by molar-refractivity contribution is 5.76. The van der Waals surface area contributed by atoms with E-state index in [1.807, 2.05) is 25.1 Å². The van der Waals surface area contributed by atoms with E-state index in [9.17, 15) is 0 Å². The smallest absolute Gasteiger partial charge is 0.167 e. The second kappa shape index (κ2) is 4.80. The molecule has 0 spiro atoms. The molecule has 0 atom stereocenters. The van der Waals surface area contributed by atoms with Crippen molar-refractivity contribution in [3.63, 3.8) is 0 Å². The molecule has 2 heteroatoms. The zero-order chi connectivity index (χ0) is 10.6. The Bertz CT molecular complexity index is 387. The van der Waals surface area contributed by atoms with Crippen LogP contribution in [0.15, 0.2) is 28.9 Å². The lowest BCUT2D eigenvalue weighted by Gasteiger charge is -1.87. The van der Waals surface area contributed by atoms with E-state index in [0.717, 1.165) is 16.9 Å². The molecular formula is C12H17NO. The maximum absolute atomic E-state index is 4.95. The van der Waals surface area contributed by atoms with E-state index in [1.165, 1.54) is 5.56 Å². The molecule has 0 saturated carbocycles. The van der Waals surface area contributed by atoms with E-state index < -0.39 is 0 Å². The standard InChI is InChI=1S/C8H7NO.C4H10/c1-6-2-3-7-5-9-10-8(7)4-6;1-4(2)3/h2-5H,1H3;4H,1-3H3. The molecule has 0 aliphatic heterocycles. The van der Waals surface area contributed by atoms with Crippen LogP contribution in [0.3, 0.4) is 0 Å². The summed E-state index contributed by atoms with van der Waals surface area (Å²) in [5, 5.41) is 4.73. The molecule has 0 N–H and O–H groups in total. The van der Waals surface area contributed by atoms with E-state index in [1.54, 1.807) is 6.20 Å². The average Bonchev–Trinajstić information content (AvgIpc) is 2.49. The summed E-state index contributed by atoms with van der Waals surface area (Å²) in [6, 6.07) is 6.02. The first-order valence-corrected chi connectivity index (χ1v) is 4.90. The highest BCUT2D eigenvalue weighted by Gasteiger charge is 1.95. The highest BCUT2D eigenvalue weighted by atomic mass is 16.5. The van der Waals surface area contributed by atoms with E-state index in [-0.39, 0.29) is 0 Å². The summed E-state index contributed by atoms with van der Waals surface area (Å²) >= 11 is 0. The third kappa shape index (κ3) is 3.21. The van der Waals surface area contributed by atoms with Gasteiger partial charge in [0, 0.05) is 5.39 Å². The summed E-state index contributed by atoms with van der Waals surface area (Å²) in [5.74, 6) is 0.833. The van der Waals surface area contributed by atoms with Crippen LogP contribution in [0.2, 0.25) is 0 Å². The van der Waals surface area contributed by atoms with Gasteiger partial charge in [0.05, 0.1) is 6.20 Å². The molecule has 2 aromatic rings. The predicted octanol–water partition coefficient (Wildman–Crippen LogP) is 3.80. The molecule has 0 unspecified atom stereocenters. The minimum absolute atomic E-state index is 0.833. The molecule has 0 aliphatic rings. The quantitative estimate of drug-likeness (QED) is 0.633. The second-order valence-corrected chi connectivity index (χ2v) is 4.10. The fourth-order valence-electron chi connectivity index (χ4n) is 0.967. The lowest BCUT2D eigenvalue weighted by Crippen LogP contribution is -1.67. The summed E-state index contributed by atoms with van der Waals surface area (Å²) in [7, 11) is 0. The van der Waals surface area contributed by atoms with Gasteiger partial charge in [-0.3, -0.25) is 0 Å². The molecule has 0 bridgehead atoms. The first kappa shape index (κ1) is 10.8. The third-order valence-electron chi connectivity index (χ3n) is 1.51. The molecule has 1 heterocycles. The molecule has 76 valence electrons. The Morgan fingerprint density at radius 1 is 1.21 bits per heavy atom. The number of hydrogen-bond donors (Lipinski definition) is 0. The first-order valence-electron chi connectivity index (χ1n) is 4.90. The van der Waals surface area contributed by atoms with Crippen molar-refractivity contribution in [2.45, 2.75) is 27.7 Å². The van der Waals surface area contributed by atoms with Gasteiger partial charge in [-0.25, -0.2) is 0 Å². The van der Waals surface area contributed by atoms with Crippen LogP contribution in [0.25, 0.3) is 11.0 Å². The van der Waals surface area contributed by atoms with Gasteiger partial charge < -0.3 is 4.52 Å². The number of hydrogen-bond acceptors (Lipinski definition) is 2. The minimum atomic E-state index is 0.833. The molecule has 14 heavy (non-hydrogen) atoms. The fourth-order valence-corrected chi connectivity index (χ4v) is 0.967. The fraction of sp³-hybridized carbons (Fsp3) is 0.417. The molecule has 0 fully saturated rings. The topological polar surface area (TPSA) is 26.0 Å². The van der Waals surface area contributed by atoms with Crippen molar-refractivity contribution in [1.29, 1.82) is 0 Å². The summed E-state index contributed by atoms with van der Waals surface area (Å²) in [6.45, 7) is 8.53. The average molecular weight is 191 g/mol. The monoisotopic (exact) mass is 191 g/mol. The second-order valence-electron chi connectivity index (χ2n) is 4.10. The van der Waals surface area contributed by atoms with Gasteiger partial charge >= 0.3 is 0 Å². The van der Waals surface area contributed by atoms with Crippen molar-refractivity contribution in [3.8, 4) is 0 Å². The maximum atomic E-state index is 4.95. The molecule has 1 aromatic carbocycles. The van der Waals surface area contributed by atoms with Gasteiger partial charge in [0.1, 0.15) is 0 Å². The molecule has 0 amide bonds. The van der Waals surface area contributed by atoms with Crippen LogP contribution in [0.5, 0.6) is 0 Å². The van der Waals surface area contributed by atoms with Crippen LogP contribution in [-0.2, 0) is 0 Å².